The van der Waals surface area contributed by atoms with Gasteiger partial charge in [-0.25, -0.2) is 0 Å². The van der Waals surface area contributed by atoms with Crippen LogP contribution in [0, 0.1) is 5.92 Å². The second-order valence-corrected chi connectivity index (χ2v) is 5.33. The van der Waals surface area contributed by atoms with Crippen LogP contribution in [-0.4, -0.2) is 5.66 Å². The van der Waals surface area contributed by atoms with Crippen LogP contribution in [0.1, 0.15) is 32.3 Å². The van der Waals surface area contributed by atoms with E-state index in [1.165, 1.54) is 24.8 Å². The Labute approximate surface area is 102 Å². The van der Waals surface area contributed by atoms with Crippen LogP contribution in [0.4, 0.5) is 0 Å². The van der Waals surface area contributed by atoms with Crippen LogP contribution in [0.5, 0.6) is 0 Å². The molecule has 88 valence electrons. The Morgan fingerprint density at radius 1 is 1.25 bits per heavy atom. The van der Waals surface area contributed by atoms with Crippen molar-refractivity contribution in [2.75, 3.05) is 0 Å². The van der Waals surface area contributed by atoms with Crippen LogP contribution >= 0.6 is 9.24 Å². The largest absolute Gasteiger partial charge is 0.134 e. The van der Waals surface area contributed by atoms with E-state index in [0.717, 1.165) is 5.92 Å². The second-order valence-electron chi connectivity index (χ2n) is 4.48. The molecule has 0 amide bonds. The zero-order valence-corrected chi connectivity index (χ0v) is 11.5. The van der Waals surface area contributed by atoms with E-state index in [1.807, 2.05) is 0 Å². The Morgan fingerprint density at radius 2 is 1.94 bits per heavy atom. The summed E-state index contributed by atoms with van der Waals surface area (Å²) in [5, 5.41) is 0. The molecule has 0 spiro atoms. The van der Waals surface area contributed by atoms with E-state index in [1.54, 1.807) is 0 Å². The molecule has 0 saturated heterocycles. The maximum Gasteiger partial charge on any atom is -0.0198 e. The number of hydrogen-bond acceptors (Lipinski definition) is 0. The first-order valence-corrected chi connectivity index (χ1v) is 6.81. The molecule has 0 nitrogen and oxygen atoms in total. The third-order valence-corrected chi connectivity index (χ3v) is 3.96. The van der Waals surface area contributed by atoms with Gasteiger partial charge in [-0.3, -0.25) is 0 Å². The summed E-state index contributed by atoms with van der Waals surface area (Å²) in [5.74, 6) is 0.765. The number of benzene rings is 1. The second kappa shape index (κ2) is 7.63. The first kappa shape index (κ1) is 13.5. The minimum absolute atomic E-state index is 0.688. The van der Waals surface area contributed by atoms with Gasteiger partial charge >= 0.3 is 0 Å². The van der Waals surface area contributed by atoms with Gasteiger partial charge in [0, 0.05) is 0 Å². The average molecular weight is 234 g/mol. The van der Waals surface area contributed by atoms with E-state index >= 15 is 0 Å². The molecule has 1 rings (SSSR count). The lowest BCUT2D eigenvalue weighted by Crippen LogP contribution is -2.13. The Hall–Kier alpha value is -0.610. The van der Waals surface area contributed by atoms with E-state index in [9.17, 15) is 0 Å². The van der Waals surface area contributed by atoms with Crippen molar-refractivity contribution in [1.29, 1.82) is 0 Å². The molecule has 0 fully saturated rings. The molecule has 0 saturated carbocycles. The van der Waals surface area contributed by atoms with Crippen LogP contribution in [-0.2, 0) is 6.42 Å². The van der Waals surface area contributed by atoms with Crippen molar-refractivity contribution >= 4 is 9.24 Å². The fraction of sp³-hybridized carbons (Fsp3) is 0.467. The van der Waals surface area contributed by atoms with Gasteiger partial charge in [0.2, 0.25) is 0 Å². The summed E-state index contributed by atoms with van der Waals surface area (Å²) < 4.78 is 0. The normalized spacial score (nSPS) is 15.2. The molecule has 1 aromatic carbocycles. The summed E-state index contributed by atoms with van der Waals surface area (Å²) in [6.07, 6.45) is 8.06. The van der Waals surface area contributed by atoms with Crippen molar-refractivity contribution in [2.45, 2.75) is 38.8 Å². The van der Waals surface area contributed by atoms with Crippen LogP contribution < -0.4 is 0 Å². The summed E-state index contributed by atoms with van der Waals surface area (Å²) in [5.41, 5.74) is 2.13. The van der Waals surface area contributed by atoms with E-state index in [0.29, 0.717) is 5.66 Å². The highest BCUT2D eigenvalue weighted by Gasteiger charge is 2.11. The van der Waals surface area contributed by atoms with E-state index in [4.69, 9.17) is 0 Å². The van der Waals surface area contributed by atoms with Crippen molar-refractivity contribution in [3.63, 3.8) is 0 Å². The molecule has 0 heterocycles. The molecule has 0 N–H and O–H groups in total. The van der Waals surface area contributed by atoms with E-state index < -0.39 is 0 Å². The summed E-state index contributed by atoms with van der Waals surface area (Å²) in [4.78, 5) is 0. The maximum absolute atomic E-state index is 3.01. The molecule has 1 heteroatoms. The Morgan fingerprint density at radius 3 is 2.56 bits per heavy atom. The zero-order valence-electron chi connectivity index (χ0n) is 10.4. The predicted octanol–water partition coefficient (Wildman–Crippen LogP) is 4.47. The molecular formula is C15H23P. The van der Waals surface area contributed by atoms with Gasteiger partial charge in [-0.2, -0.15) is 0 Å². The zero-order chi connectivity index (χ0) is 11.8. The first-order chi connectivity index (χ1) is 7.74. The lowest BCUT2D eigenvalue weighted by Gasteiger charge is -2.19. The summed E-state index contributed by atoms with van der Waals surface area (Å²) in [7, 11) is 3.01. The fourth-order valence-electron chi connectivity index (χ4n) is 1.83. The minimum atomic E-state index is 0.688. The quantitative estimate of drug-likeness (QED) is 0.503. The van der Waals surface area contributed by atoms with Gasteiger partial charge < -0.3 is 0 Å². The highest BCUT2D eigenvalue weighted by molar-refractivity contribution is 7.17. The van der Waals surface area contributed by atoms with Gasteiger partial charge in [-0.1, -0.05) is 49.4 Å². The lowest BCUT2D eigenvalue weighted by molar-refractivity contribution is 0.510. The van der Waals surface area contributed by atoms with Crippen molar-refractivity contribution in [3.05, 3.63) is 48.0 Å². The van der Waals surface area contributed by atoms with E-state index in [2.05, 4.69) is 65.6 Å². The highest BCUT2D eigenvalue weighted by Crippen LogP contribution is 2.22. The van der Waals surface area contributed by atoms with Gasteiger partial charge in [0.25, 0.3) is 0 Å². The predicted molar refractivity (Wildman–Crippen MR) is 76.9 cm³/mol. The monoisotopic (exact) mass is 234 g/mol. The van der Waals surface area contributed by atoms with Crippen LogP contribution in [0.15, 0.2) is 42.5 Å². The van der Waals surface area contributed by atoms with E-state index in [-0.39, 0.29) is 0 Å². The van der Waals surface area contributed by atoms with Gasteiger partial charge in [0.15, 0.2) is 0 Å². The molecule has 0 aliphatic carbocycles. The molecule has 0 aliphatic rings. The molecule has 1 aromatic rings. The van der Waals surface area contributed by atoms with Crippen molar-refractivity contribution < 1.29 is 0 Å². The third-order valence-electron chi connectivity index (χ3n) is 3.07. The SMILES string of the molecule is C/C=C/CCC(C)C(P)Cc1ccccc1. The van der Waals surface area contributed by atoms with Crippen LogP contribution in [0.25, 0.3) is 0 Å². The summed E-state index contributed by atoms with van der Waals surface area (Å²) in [6.45, 7) is 4.44. The van der Waals surface area contributed by atoms with Gasteiger partial charge in [-0.05, 0) is 43.3 Å². The molecule has 3 atom stereocenters. The Bertz CT molecular complexity index is 302. The van der Waals surface area contributed by atoms with Gasteiger partial charge in [0.05, 0.1) is 0 Å². The number of allylic oxidation sites excluding steroid dienone is 2. The van der Waals surface area contributed by atoms with Crippen LogP contribution in [0.3, 0.4) is 0 Å². The van der Waals surface area contributed by atoms with Gasteiger partial charge in [-0.15, -0.1) is 9.24 Å². The van der Waals surface area contributed by atoms with Crippen LogP contribution in [0.2, 0.25) is 0 Å². The third kappa shape index (κ3) is 4.94. The first-order valence-electron chi connectivity index (χ1n) is 6.14. The van der Waals surface area contributed by atoms with Crippen molar-refractivity contribution in [1.82, 2.24) is 0 Å². The topological polar surface area (TPSA) is 0 Å². The minimum Gasteiger partial charge on any atom is -0.134 e. The maximum atomic E-state index is 3.01. The molecule has 3 unspecified atom stereocenters. The van der Waals surface area contributed by atoms with Crippen molar-refractivity contribution in [2.24, 2.45) is 5.92 Å². The molecule has 16 heavy (non-hydrogen) atoms. The Balaban J connectivity index is 2.36. The summed E-state index contributed by atoms with van der Waals surface area (Å²) >= 11 is 0. The standard InChI is InChI=1S/C15H23P/c1-3-4-6-9-13(2)15(16)12-14-10-7-5-8-11-14/h3-5,7-8,10-11,13,15H,6,9,12,16H2,1-2H3/b4-3+. The number of hydrogen-bond donors (Lipinski definition) is 0. The molecule has 0 aliphatic heterocycles. The highest BCUT2D eigenvalue weighted by atomic mass is 31.0. The lowest BCUT2D eigenvalue weighted by atomic mass is 9.96. The number of rotatable bonds is 6. The Kier molecular flexibility index (Phi) is 6.42. The fourth-order valence-corrected chi connectivity index (χ4v) is 2.29. The smallest absolute Gasteiger partial charge is 0.0198 e. The molecular weight excluding hydrogens is 211 g/mol. The molecule has 0 radical (unpaired) electrons. The van der Waals surface area contributed by atoms with Crippen molar-refractivity contribution in [3.8, 4) is 0 Å². The average Bonchev–Trinajstić information content (AvgIpc) is 2.30. The summed E-state index contributed by atoms with van der Waals surface area (Å²) in [6, 6.07) is 10.8. The molecule has 0 aromatic heterocycles. The van der Waals surface area contributed by atoms with Gasteiger partial charge in [0.1, 0.15) is 0 Å². The molecule has 0 bridgehead atoms.